The summed E-state index contributed by atoms with van der Waals surface area (Å²) >= 11 is 0. The van der Waals surface area contributed by atoms with Crippen molar-refractivity contribution in [3.8, 4) is 11.8 Å². The third-order valence-corrected chi connectivity index (χ3v) is 6.48. The molecule has 4 rings (SSSR count). The van der Waals surface area contributed by atoms with E-state index in [4.69, 9.17) is 4.74 Å². The number of methoxy groups -OCH3 is 1. The average Bonchev–Trinajstić information content (AvgIpc) is 2.90. The van der Waals surface area contributed by atoms with Gasteiger partial charge < -0.3 is 14.9 Å². The lowest BCUT2D eigenvalue weighted by Gasteiger charge is -2.54. The zero-order valence-corrected chi connectivity index (χ0v) is 14.9. The first kappa shape index (κ1) is 17.3. The Balaban J connectivity index is 1.87. The number of carboxylic acid groups (broad SMARTS) is 1. The third-order valence-electron chi connectivity index (χ3n) is 6.48. The molecule has 2 N–H and O–H groups in total. The minimum Gasteiger partial charge on any atom is -0.496 e. The van der Waals surface area contributed by atoms with Crippen molar-refractivity contribution in [1.29, 1.82) is 5.26 Å². The summed E-state index contributed by atoms with van der Waals surface area (Å²) in [7, 11) is 3.53. The van der Waals surface area contributed by atoms with E-state index in [9.17, 15) is 20.3 Å². The normalized spacial score (nSPS) is 36.1. The van der Waals surface area contributed by atoms with Gasteiger partial charge >= 0.3 is 5.97 Å². The first-order valence-corrected chi connectivity index (χ1v) is 8.91. The first-order valence-electron chi connectivity index (χ1n) is 8.91. The molecule has 0 radical (unpaired) electrons. The molecule has 7 nitrogen and oxygen atoms in total. The number of fused-ring (bicyclic) bond motifs is 5. The zero-order valence-electron chi connectivity index (χ0n) is 14.9. The molecule has 1 aromatic carbocycles. The Bertz CT molecular complexity index is 777. The van der Waals surface area contributed by atoms with Crippen molar-refractivity contribution in [2.24, 2.45) is 5.92 Å². The van der Waals surface area contributed by atoms with Crippen LogP contribution in [-0.4, -0.2) is 70.9 Å². The van der Waals surface area contributed by atoms with Crippen LogP contribution in [0.2, 0.25) is 0 Å². The Kier molecular flexibility index (Phi) is 4.14. The molecule has 1 unspecified atom stereocenters. The van der Waals surface area contributed by atoms with Crippen LogP contribution in [0.15, 0.2) is 18.2 Å². The standard InChI is InChI=1S/C19H23N3O4/c1-21-12-7-11(19(24)25)18(21)13-6-10-4-3-5-16(26-2)17(10)15(9-23)22(13)14(12)8-20/h3-5,11-15,18,23H,6-7,9H2,1-2H3,(H,24,25)/t11-,12+,13+,14?,15+,18-/m1/s1. The van der Waals surface area contributed by atoms with E-state index in [-0.39, 0.29) is 30.8 Å². The summed E-state index contributed by atoms with van der Waals surface area (Å²) in [6.45, 7) is -0.136. The van der Waals surface area contributed by atoms with Crippen LogP contribution in [0.5, 0.6) is 5.75 Å². The summed E-state index contributed by atoms with van der Waals surface area (Å²) in [5.74, 6) is -0.597. The molecule has 0 amide bonds. The van der Waals surface area contributed by atoms with Crippen LogP contribution in [0.25, 0.3) is 0 Å². The minimum atomic E-state index is -0.806. The van der Waals surface area contributed by atoms with Crippen molar-refractivity contribution in [2.75, 3.05) is 20.8 Å². The lowest BCUT2D eigenvalue weighted by molar-refractivity contribution is -0.144. The van der Waals surface area contributed by atoms with E-state index < -0.39 is 17.9 Å². The Morgan fingerprint density at radius 3 is 2.81 bits per heavy atom. The van der Waals surface area contributed by atoms with E-state index in [0.29, 0.717) is 18.6 Å². The number of hydrogen-bond acceptors (Lipinski definition) is 6. The molecule has 3 aliphatic rings. The topological polar surface area (TPSA) is 97.0 Å². The number of nitrogens with zero attached hydrogens (tertiary/aromatic N) is 3. The second-order valence-corrected chi connectivity index (χ2v) is 7.43. The lowest BCUT2D eigenvalue weighted by Crippen LogP contribution is -2.67. The van der Waals surface area contributed by atoms with Crippen LogP contribution in [0.4, 0.5) is 0 Å². The fourth-order valence-electron chi connectivity index (χ4n) is 5.48. The van der Waals surface area contributed by atoms with Crippen LogP contribution in [0, 0.1) is 17.2 Å². The summed E-state index contributed by atoms with van der Waals surface area (Å²) < 4.78 is 5.52. The Labute approximate surface area is 152 Å². The van der Waals surface area contributed by atoms with E-state index >= 15 is 0 Å². The molecule has 7 heteroatoms. The van der Waals surface area contributed by atoms with Gasteiger partial charge in [-0.05, 0) is 31.5 Å². The molecular formula is C19H23N3O4. The number of carboxylic acids is 1. The average molecular weight is 357 g/mol. The number of aliphatic carboxylic acids is 1. The third kappa shape index (κ3) is 2.19. The SMILES string of the molecule is COc1cccc2c1[C@H](CO)N1C(C#N)[C@@H]3C[C@@H](C(=O)O)[C@H]([C@@H]1C2)N3C. The van der Waals surface area contributed by atoms with Gasteiger partial charge in [-0.1, -0.05) is 12.1 Å². The van der Waals surface area contributed by atoms with Crippen LogP contribution in [0.1, 0.15) is 23.6 Å². The smallest absolute Gasteiger partial charge is 0.308 e. The highest BCUT2D eigenvalue weighted by molar-refractivity contribution is 5.72. The Morgan fingerprint density at radius 2 is 2.19 bits per heavy atom. The van der Waals surface area contributed by atoms with Crippen LogP contribution in [0.3, 0.4) is 0 Å². The Hall–Kier alpha value is -2.14. The molecule has 0 aromatic heterocycles. The predicted molar refractivity (Wildman–Crippen MR) is 92.6 cm³/mol. The molecule has 0 saturated carbocycles. The first-order chi connectivity index (χ1) is 12.5. The molecule has 0 spiro atoms. The highest BCUT2D eigenvalue weighted by atomic mass is 16.5. The van der Waals surface area contributed by atoms with Crippen LogP contribution >= 0.6 is 0 Å². The summed E-state index contributed by atoms with van der Waals surface area (Å²) in [6, 6.07) is 6.93. The van der Waals surface area contributed by atoms with E-state index in [0.717, 1.165) is 11.1 Å². The Morgan fingerprint density at radius 1 is 1.42 bits per heavy atom. The van der Waals surface area contributed by atoms with E-state index in [1.165, 1.54) is 0 Å². The maximum Gasteiger partial charge on any atom is 0.308 e. The molecule has 0 aliphatic carbocycles. The maximum atomic E-state index is 11.9. The number of ether oxygens (including phenoxy) is 1. The molecule has 2 saturated heterocycles. The molecule has 1 aromatic rings. The van der Waals surface area contributed by atoms with Gasteiger partial charge in [0.25, 0.3) is 0 Å². The van der Waals surface area contributed by atoms with Crippen LogP contribution < -0.4 is 4.74 Å². The summed E-state index contributed by atoms with van der Waals surface area (Å²) in [6.07, 6.45) is 1.11. The zero-order chi connectivity index (χ0) is 18.6. The molecule has 3 aliphatic heterocycles. The van der Waals surface area contributed by atoms with E-state index in [2.05, 4.69) is 15.9 Å². The van der Waals surface area contributed by atoms with Gasteiger partial charge in [0.2, 0.25) is 0 Å². The summed E-state index contributed by atoms with van der Waals surface area (Å²) in [4.78, 5) is 16.0. The predicted octanol–water partition coefficient (Wildman–Crippen LogP) is 0.635. The number of benzene rings is 1. The number of rotatable bonds is 3. The van der Waals surface area contributed by atoms with Gasteiger partial charge in [-0.2, -0.15) is 5.26 Å². The van der Waals surface area contributed by atoms with Crippen molar-refractivity contribution in [1.82, 2.24) is 9.80 Å². The second kappa shape index (κ2) is 6.23. The highest BCUT2D eigenvalue weighted by Gasteiger charge is 2.59. The lowest BCUT2D eigenvalue weighted by atomic mass is 9.80. The number of carbonyl (C=O) groups is 1. The van der Waals surface area contributed by atoms with Gasteiger partial charge in [0.15, 0.2) is 0 Å². The summed E-state index contributed by atoms with van der Waals surface area (Å²) in [5.41, 5.74) is 1.98. The van der Waals surface area contributed by atoms with Gasteiger partial charge in [-0.15, -0.1) is 0 Å². The van der Waals surface area contributed by atoms with Crippen molar-refractivity contribution < 1.29 is 19.7 Å². The number of aliphatic hydroxyl groups excluding tert-OH is 1. The minimum absolute atomic E-state index is 0.124. The fraction of sp³-hybridized carbons (Fsp3) is 0.579. The number of hydrogen-bond donors (Lipinski definition) is 2. The van der Waals surface area contributed by atoms with Gasteiger partial charge in [0, 0.05) is 23.7 Å². The molecule has 26 heavy (non-hydrogen) atoms. The van der Waals surface area contributed by atoms with Crippen molar-refractivity contribution in [3.63, 3.8) is 0 Å². The molecule has 138 valence electrons. The van der Waals surface area contributed by atoms with E-state index in [1.807, 2.05) is 25.2 Å². The van der Waals surface area contributed by atoms with Crippen LogP contribution in [-0.2, 0) is 11.2 Å². The largest absolute Gasteiger partial charge is 0.496 e. The number of nitriles is 1. The quantitative estimate of drug-likeness (QED) is 0.819. The molecule has 6 atom stereocenters. The van der Waals surface area contributed by atoms with Crippen molar-refractivity contribution in [2.45, 2.75) is 43.1 Å². The van der Waals surface area contributed by atoms with Gasteiger partial charge in [-0.3, -0.25) is 14.6 Å². The molecular weight excluding hydrogens is 334 g/mol. The monoisotopic (exact) mass is 357 g/mol. The van der Waals surface area contributed by atoms with Crippen molar-refractivity contribution >= 4 is 5.97 Å². The van der Waals surface area contributed by atoms with Crippen molar-refractivity contribution in [3.05, 3.63) is 29.3 Å². The summed E-state index contributed by atoms with van der Waals surface area (Å²) in [5, 5.41) is 29.8. The molecule has 3 heterocycles. The van der Waals surface area contributed by atoms with Gasteiger partial charge in [0.1, 0.15) is 11.8 Å². The van der Waals surface area contributed by atoms with E-state index in [1.54, 1.807) is 7.11 Å². The highest BCUT2D eigenvalue weighted by Crippen LogP contribution is 2.49. The number of aliphatic hydroxyl groups is 1. The number of piperazine rings is 1. The second-order valence-electron chi connectivity index (χ2n) is 7.43. The molecule has 2 fully saturated rings. The number of likely N-dealkylation sites (N-methyl/N-ethyl adjacent to an activating group) is 1. The van der Waals surface area contributed by atoms with Gasteiger partial charge in [0.05, 0.1) is 31.7 Å². The van der Waals surface area contributed by atoms with Gasteiger partial charge in [-0.25, -0.2) is 0 Å². The maximum absolute atomic E-state index is 11.9. The molecule has 2 bridgehead atoms. The fourth-order valence-corrected chi connectivity index (χ4v) is 5.48.